The molecule has 0 saturated carbocycles. The highest BCUT2D eigenvalue weighted by Crippen LogP contribution is 2.28. The van der Waals surface area contributed by atoms with Crippen molar-refractivity contribution in [2.75, 3.05) is 5.32 Å². The highest BCUT2D eigenvalue weighted by atomic mass is 16.6. The fourth-order valence-corrected chi connectivity index (χ4v) is 1.22. The first-order chi connectivity index (χ1) is 8.45. The van der Waals surface area contributed by atoms with Crippen LogP contribution in [-0.2, 0) is 4.79 Å². The third-order valence-electron chi connectivity index (χ3n) is 2.11. The van der Waals surface area contributed by atoms with E-state index in [-0.39, 0.29) is 17.9 Å². The van der Waals surface area contributed by atoms with E-state index in [0.29, 0.717) is 0 Å². The van der Waals surface area contributed by atoms with Gasteiger partial charge in [0.15, 0.2) is 0 Å². The molecule has 0 heterocycles. The molecule has 0 aromatic heterocycles. The lowest BCUT2D eigenvalue weighted by Gasteiger charge is -2.09. The molecule has 4 N–H and O–H groups in total. The number of phenolic OH excluding ortho intramolecular Hbond substituents is 1. The predicted octanol–water partition coefficient (Wildman–Crippen LogP) is 0.589. The summed E-state index contributed by atoms with van der Waals surface area (Å²) in [6.07, 6.45) is 5.03. The molecule has 1 rings (SSSR count). The molecule has 94 valence electrons. The Morgan fingerprint density at radius 1 is 1.67 bits per heavy atom. The van der Waals surface area contributed by atoms with E-state index in [1.54, 1.807) is 0 Å². The topological polar surface area (TPSA) is 118 Å². The molecule has 1 unspecified atom stereocenters. The summed E-state index contributed by atoms with van der Waals surface area (Å²) in [6.45, 7) is 0. The Hall–Kier alpha value is -2.59. The zero-order chi connectivity index (χ0) is 13.7. The molecule has 18 heavy (non-hydrogen) atoms. The number of hydrogen-bond acceptors (Lipinski definition) is 5. The van der Waals surface area contributed by atoms with Crippen molar-refractivity contribution in [2.45, 2.75) is 12.5 Å². The van der Waals surface area contributed by atoms with Gasteiger partial charge in [-0.25, -0.2) is 0 Å². The number of anilines is 1. The zero-order valence-electron chi connectivity index (χ0n) is 9.29. The van der Waals surface area contributed by atoms with Crippen molar-refractivity contribution in [3.8, 4) is 18.1 Å². The van der Waals surface area contributed by atoms with Crippen LogP contribution in [0, 0.1) is 22.5 Å². The number of nitrogens with zero attached hydrogens (tertiary/aromatic N) is 1. The normalized spacial score (nSPS) is 11.3. The first-order valence-corrected chi connectivity index (χ1v) is 4.93. The molecule has 7 nitrogen and oxygen atoms in total. The highest BCUT2D eigenvalue weighted by Gasteiger charge is 2.19. The molecule has 1 amide bonds. The number of carbonyl (C=O) groups excluding carboxylic acids is 1. The van der Waals surface area contributed by atoms with E-state index in [9.17, 15) is 14.9 Å². The van der Waals surface area contributed by atoms with Crippen LogP contribution in [0.4, 0.5) is 11.4 Å². The molecule has 1 aromatic rings. The first-order valence-electron chi connectivity index (χ1n) is 4.93. The van der Waals surface area contributed by atoms with Crippen LogP contribution < -0.4 is 11.1 Å². The summed E-state index contributed by atoms with van der Waals surface area (Å²) in [5.74, 6) is 1.33. The van der Waals surface area contributed by atoms with Gasteiger partial charge in [0.2, 0.25) is 5.91 Å². The van der Waals surface area contributed by atoms with Gasteiger partial charge in [-0.05, 0) is 12.1 Å². The van der Waals surface area contributed by atoms with Crippen LogP contribution in [-0.4, -0.2) is 22.0 Å². The number of rotatable bonds is 4. The van der Waals surface area contributed by atoms with Crippen LogP contribution in [0.15, 0.2) is 18.2 Å². The summed E-state index contributed by atoms with van der Waals surface area (Å²) in [7, 11) is 0. The van der Waals surface area contributed by atoms with E-state index < -0.39 is 22.6 Å². The lowest BCUT2D eigenvalue weighted by molar-refractivity contribution is -0.384. The third-order valence-corrected chi connectivity index (χ3v) is 2.11. The standard InChI is InChI=1S/C11H11N3O4/c1-2-3-8(12)11(16)13-9-5-4-7(15)6-10(9)14(17)18/h1,4-6,8,15H,3,12H2,(H,13,16). The molecule has 0 spiro atoms. The van der Waals surface area contributed by atoms with Crippen molar-refractivity contribution in [1.29, 1.82) is 0 Å². The van der Waals surface area contributed by atoms with Crippen molar-refractivity contribution in [3.05, 3.63) is 28.3 Å². The summed E-state index contributed by atoms with van der Waals surface area (Å²) in [5, 5.41) is 22.2. The number of nitro groups is 1. The Morgan fingerprint density at radius 3 is 2.89 bits per heavy atom. The minimum atomic E-state index is -0.941. The van der Waals surface area contributed by atoms with Gasteiger partial charge < -0.3 is 16.2 Å². The lowest BCUT2D eigenvalue weighted by Crippen LogP contribution is -2.35. The molecule has 0 bridgehead atoms. The molecule has 0 saturated heterocycles. The molecule has 0 aliphatic heterocycles. The largest absolute Gasteiger partial charge is 0.508 e. The molecule has 0 fully saturated rings. The maximum Gasteiger partial charge on any atom is 0.296 e. The van der Waals surface area contributed by atoms with Gasteiger partial charge >= 0.3 is 0 Å². The smallest absolute Gasteiger partial charge is 0.296 e. The summed E-state index contributed by atoms with van der Waals surface area (Å²) in [6, 6.07) is 2.43. The van der Waals surface area contributed by atoms with Crippen LogP contribution in [0.1, 0.15) is 6.42 Å². The van der Waals surface area contributed by atoms with Crippen LogP contribution >= 0.6 is 0 Å². The van der Waals surface area contributed by atoms with Crippen molar-refractivity contribution in [2.24, 2.45) is 5.73 Å². The summed E-state index contributed by atoms with van der Waals surface area (Å²) >= 11 is 0. The minimum absolute atomic E-state index is 0.0255. The van der Waals surface area contributed by atoms with Gasteiger partial charge in [0, 0.05) is 6.42 Å². The van der Waals surface area contributed by atoms with Gasteiger partial charge in [0.25, 0.3) is 5.69 Å². The SMILES string of the molecule is C#CCC(N)C(=O)Nc1ccc(O)cc1[N+](=O)[O-]. The molecule has 1 aromatic carbocycles. The van der Waals surface area contributed by atoms with Gasteiger partial charge in [-0.15, -0.1) is 12.3 Å². The Kier molecular flexibility index (Phi) is 4.23. The third kappa shape index (κ3) is 3.20. The maximum absolute atomic E-state index is 11.5. The Morgan fingerprint density at radius 2 is 2.33 bits per heavy atom. The fraction of sp³-hybridized carbons (Fsp3) is 0.182. The van der Waals surface area contributed by atoms with E-state index in [4.69, 9.17) is 17.3 Å². The number of nitro benzene ring substituents is 1. The molecular weight excluding hydrogens is 238 g/mol. The number of amides is 1. The number of carbonyl (C=O) groups is 1. The van der Waals surface area contributed by atoms with Gasteiger partial charge in [-0.2, -0.15) is 0 Å². The van der Waals surface area contributed by atoms with Gasteiger partial charge in [-0.1, -0.05) is 0 Å². The van der Waals surface area contributed by atoms with Crippen molar-refractivity contribution >= 4 is 17.3 Å². The summed E-state index contributed by atoms with van der Waals surface area (Å²) in [5.41, 5.74) is 4.99. The number of phenols is 1. The van der Waals surface area contributed by atoms with Crippen molar-refractivity contribution in [3.63, 3.8) is 0 Å². The second kappa shape index (κ2) is 5.65. The monoisotopic (exact) mass is 249 g/mol. The van der Waals surface area contributed by atoms with Crippen LogP contribution in [0.5, 0.6) is 5.75 Å². The van der Waals surface area contributed by atoms with E-state index in [1.807, 2.05) is 0 Å². The lowest BCUT2D eigenvalue weighted by atomic mass is 10.2. The number of nitrogens with one attached hydrogen (secondary N) is 1. The molecule has 7 heteroatoms. The van der Waals surface area contributed by atoms with Crippen molar-refractivity contribution in [1.82, 2.24) is 0 Å². The van der Waals surface area contributed by atoms with Crippen LogP contribution in [0.3, 0.4) is 0 Å². The zero-order valence-corrected chi connectivity index (χ0v) is 9.29. The second-order valence-electron chi connectivity index (χ2n) is 3.46. The minimum Gasteiger partial charge on any atom is -0.508 e. The Balaban J connectivity index is 2.95. The Bertz CT molecular complexity index is 522. The Labute approximate surface area is 103 Å². The van der Waals surface area contributed by atoms with Gasteiger partial charge in [-0.3, -0.25) is 14.9 Å². The summed E-state index contributed by atoms with van der Waals surface area (Å²) in [4.78, 5) is 21.6. The van der Waals surface area contributed by atoms with E-state index in [2.05, 4.69) is 11.2 Å². The van der Waals surface area contributed by atoms with E-state index in [0.717, 1.165) is 6.07 Å². The quantitative estimate of drug-likeness (QED) is 0.312. The molecule has 1 atom stereocenters. The van der Waals surface area contributed by atoms with Crippen LogP contribution in [0.2, 0.25) is 0 Å². The molecule has 0 aliphatic rings. The number of benzene rings is 1. The van der Waals surface area contributed by atoms with E-state index in [1.165, 1.54) is 12.1 Å². The second-order valence-corrected chi connectivity index (χ2v) is 3.46. The average Bonchev–Trinajstić information content (AvgIpc) is 2.31. The maximum atomic E-state index is 11.5. The first kappa shape index (κ1) is 13.5. The summed E-state index contributed by atoms with van der Waals surface area (Å²) < 4.78 is 0. The average molecular weight is 249 g/mol. The predicted molar refractivity (Wildman–Crippen MR) is 64.8 cm³/mol. The molecule has 0 radical (unpaired) electrons. The number of terminal acetylenes is 1. The fourth-order valence-electron chi connectivity index (χ4n) is 1.22. The van der Waals surface area contributed by atoms with Crippen molar-refractivity contribution < 1.29 is 14.8 Å². The molecular formula is C11H11N3O4. The van der Waals surface area contributed by atoms with Gasteiger partial charge in [0.1, 0.15) is 11.4 Å². The molecule has 0 aliphatic carbocycles. The number of aromatic hydroxyl groups is 1. The van der Waals surface area contributed by atoms with Crippen LogP contribution in [0.25, 0.3) is 0 Å². The number of hydrogen-bond donors (Lipinski definition) is 3. The highest BCUT2D eigenvalue weighted by molar-refractivity contribution is 5.96. The van der Waals surface area contributed by atoms with Gasteiger partial charge in [0.05, 0.1) is 17.0 Å². The number of nitrogens with two attached hydrogens (primary N) is 1. The van der Waals surface area contributed by atoms with E-state index >= 15 is 0 Å².